The summed E-state index contributed by atoms with van der Waals surface area (Å²) in [5, 5.41) is 0. The Kier molecular flexibility index (Phi) is 4.17. The highest BCUT2D eigenvalue weighted by molar-refractivity contribution is 5.88. The quantitative estimate of drug-likeness (QED) is 0.549. The maximum atomic E-state index is 11.9. The van der Waals surface area contributed by atoms with Crippen molar-refractivity contribution in [1.82, 2.24) is 0 Å². The molecule has 0 spiro atoms. The summed E-state index contributed by atoms with van der Waals surface area (Å²) in [4.78, 5) is 11.9. The highest BCUT2D eigenvalue weighted by atomic mass is 16.5. The van der Waals surface area contributed by atoms with Gasteiger partial charge in [0.25, 0.3) is 0 Å². The fraction of sp³-hybridized carbons (Fsp3) is 0.706. The Balaban J connectivity index is 2.28. The summed E-state index contributed by atoms with van der Waals surface area (Å²) >= 11 is 0. The highest BCUT2D eigenvalue weighted by Crippen LogP contribution is 2.49. The molecule has 2 aliphatic carbocycles. The molecule has 1 fully saturated rings. The van der Waals surface area contributed by atoms with Crippen LogP contribution in [0.4, 0.5) is 0 Å². The SMILES string of the molecule is C=C1CCCC(C)(C)[C@@H]2C=C(C(=O)OCC)CC[C@H]12. The lowest BCUT2D eigenvalue weighted by Gasteiger charge is -2.39. The van der Waals surface area contributed by atoms with E-state index in [4.69, 9.17) is 4.74 Å². The van der Waals surface area contributed by atoms with Crippen LogP contribution in [-0.2, 0) is 9.53 Å². The van der Waals surface area contributed by atoms with Gasteiger partial charge in [0.2, 0.25) is 0 Å². The molecule has 2 nitrogen and oxygen atoms in total. The van der Waals surface area contributed by atoms with Crippen LogP contribution in [0.5, 0.6) is 0 Å². The molecule has 19 heavy (non-hydrogen) atoms. The van der Waals surface area contributed by atoms with Gasteiger partial charge in [-0.05, 0) is 56.3 Å². The number of carbonyl (C=O) groups excluding carboxylic acids is 1. The maximum Gasteiger partial charge on any atom is 0.333 e. The first-order chi connectivity index (χ1) is 8.95. The summed E-state index contributed by atoms with van der Waals surface area (Å²) in [6.45, 7) is 11.3. The third-order valence-corrected chi connectivity index (χ3v) is 4.82. The molecule has 0 radical (unpaired) electrons. The zero-order valence-electron chi connectivity index (χ0n) is 12.5. The number of carbonyl (C=O) groups is 1. The highest BCUT2D eigenvalue weighted by Gasteiger charge is 2.40. The predicted molar refractivity (Wildman–Crippen MR) is 77.7 cm³/mol. The Morgan fingerprint density at radius 1 is 1.47 bits per heavy atom. The lowest BCUT2D eigenvalue weighted by atomic mass is 9.65. The molecule has 2 atom stereocenters. The number of esters is 1. The van der Waals surface area contributed by atoms with Crippen molar-refractivity contribution in [2.45, 2.75) is 52.9 Å². The van der Waals surface area contributed by atoms with Crippen LogP contribution in [0, 0.1) is 17.3 Å². The minimum Gasteiger partial charge on any atom is -0.463 e. The average Bonchev–Trinajstić information content (AvgIpc) is 2.48. The van der Waals surface area contributed by atoms with Gasteiger partial charge < -0.3 is 4.74 Å². The first kappa shape index (κ1) is 14.4. The molecule has 0 aromatic heterocycles. The summed E-state index contributed by atoms with van der Waals surface area (Å²) in [7, 11) is 0. The monoisotopic (exact) mass is 262 g/mol. The van der Waals surface area contributed by atoms with Crippen LogP contribution in [-0.4, -0.2) is 12.6 Å². The molecule has 0 aromatic carbocycles. The molecule has 2 aliphatic rings. The second-order valence-electron chi connectivity index (χ2n) is 6.58. The molecule has 2 rings (SSSR count). The summed E-state index contributed by atoms with van der Waals surface area (Å²) < 4.78 is 5.16. The van der Waals surface area contributed by atoms with E-state index in [0.29, 0.717) is 18.4 Å². The molecule has 0 aromatic rings. The van der Waals surface area contributed by atoms with Gasteiger partial charge in [-0.1, -0.05) is 32.1 Å². The van der Waals surface area contributed by atoms with Crippen LogP contribution < -0.4 is 0 Å². The van der Waals surface area contributed by atoms with Gasteiger partial charge in [0.15, 0.2) is 0 Å². The van der Waals surface area contributed by atoms with Crippen LogP contribution in [0.25, 0.3) is 0 Å². The van der Waals surface area contributed by atoms with Gasteiger partial charge in [0.1, 0.15) is 0 Å². The molecule has 0 heterocycles. The second kappa shape index (κ2) is 5.52. The molecule has 0 bridgehead atoms. The summed E-state index contributed by atoms with van der Waals surface area (Å²) in [6.07, 6.45) is 7.67. The van der Waals surface area contributed by atoms with Gasteiger partial charge >= 0.3 is 5.97 Å². The maximum absolute atomic E-state index is 11.9. The van der Waals surface area contributed by atoms with Crippen LogP contribution in [0.1, 0.15) is 52.9 Å². The molecule has 0 saturated heterocycles. The van der Waals surface area contributed by atoms with Crippen molar-refractivity contribution in [3.05, 3.63) is 23.8 Å². The molecule has 0 N–H and O–H groups in total. The zero-order valence-corrected chi connectivity index (χ0v) is 12.5. The topological polar surface area (TPSA) is 26.3 Å². The number of rotatable bonds is 2. The van der Waals surface area contributed by atoms with Crippen molar-refractivity contribution in [2.24, 2.45) is 17.3 Å². The van der Waals surface area contributed by atoms with Gasteiger partial charge in [-0.2, -0.15) is 0 Å². The summed E-state index contributed by atoms with van der Waals surface area (Å²) in [5.41, 5.74) is 2.52. The van der Waals surface area contributed by atoms with Crippen LogP contribution >= 0.6 is 0 Å². The van der Waals surface area contributed by atoms with E-state index in [2.05, 4.69) is 26.5 Å². The standard InChI is InChI=1S/C17H26O2/c1-5-19-16(18)13-8-9-14-12(2)7-6-10-17(3,4)15(14)11-13/h11,14-15H,2,5-10H2,1,3-4H3/t14-,15-/m1/s1. The number of ether oxygens (including phenoxy) is 1. The van der Waals surface area contributed by atoms with E-state index in [0.717, 1.165) is 24.8 Å². The van der Waals surface area contributed by atoms with Crippen molar-refractivity contribution < 1.29 is 9.53 Å². The molecule has 0 aliphatic heterocycles. The molecular weight excluding hydrogens is 236 g/mol. The first-order valence-electron chi connectivity index (χ1n) is 7.51. The van der Waals surface area contributed by atoms with Crippen LogP contribution in [0.2, 0.25) is 0 Å². The molecule has 0 unspecified atom stereocenters. The van der Waals surface area contributed by atoms with E-state index in [1.54, 1.807) is 0 Å². The van der Waals surface area contributed by atoms with E-state index in [1.165, 1.54) is 18.4 Å². The van der Waals surface area contributed by atoms with Gasteiger partial charge in [-0.25, -0.2) is 4.79 Å². The Labute approximate surface area is 116 Å². The molecule has 106 valence electrons. The lowest BCUT2D eigenvalue weighted by Crippen LogP contribution is -2.32. The number of allylic oxidation sites excluding steroid dienone is 2. The van der Waals surface area contributed by atoms with Crippen molar-refractivity contribution in [1.29, 1.82) is 0 Å². The molecule has 0 amide bonds. The first-order valence-corrected chi connectivity index (χ1v) is 7.51. The zero-order chi connectivity index (χ0) is 14.0. The van der Waals surface area contributed by atoms with Crippen molar-refractivity contribution in [3.63, 3.8) is 0 Å². The predicted octanol–water partition coefficient (Wildman–Crippen LogP) is 4.27. The minimum atomic E-state index is -0.119. The largest absolute Gasteiger partial charge is 0.463 e. The third-order valence-electron chi connectivity index (χ3n) is 4.82. The van der Waals surface area contributed by atoms with Gasteiger partial charge in [0, 0.05) is 5.57 Å². The number of hydrogen-bond acceptors (Lipinski definition) is 2. The summed E-state index contributed by atoms with van der Waals surface area (Å²) in [6, 6.07) is 0. The number of fused-ring (bicyclic) bond motifs is 1. The fourth-order valence-electron chi connectivity index (χ4n) is 3.65. The fourth-order valence-corrected chi connectivity index (χ4v) is 3.65. The third kappa shape index (κ3) is 2.93. The second-order valence-corrected chi connectivity index (χ2v) is 6.58. The van der Waals surface area contributed by atoms with Crippen LogP contribution in [0.15, 0.2) is 23.8 Å². The van der Waals surface area contributed by atoms with E-state index < -0.39 is 0 Å². The Hall–Kier alpha value is -1.05. The smallest absolute Gasteiger partial charge is 0.333 e. The van der Waals surface area contributed by atoms with Crippen LogP contribution in [0.3, 0.4) is 0 Å². The van der Waals surface area contributed by atoms with E-state index >= 15 is 0 Å². The normalized spacial score (nSPS) is 30.1. The summed E-state index contributed by atoms with van der Waals surface area (Å²) in [5.74, 6) is 0.873. The van der Waals surface area contributed by atoms with E-state index in [-0.39, 0.29) is 11.4 Å². The Morgan fingerprint density at radius 3 is 2.89 bits per heavy atom. The van der Waals surface area contributed by atoms with Gasteiger partial charge in [-0.3, -0.25) is 0 Å². The van der Waals surface area contributed by atoms with Gasteiger partial charge in [0.05, 0.1) is 6.61 Å². The Morgan fingerprint density at radius 2 is 2.21 bits per heavy atom. The average molecular weight is 262 g/mol. The lowest BCUT2D eigenvalue weighted by molar-refractivity contribution is -0.138. The minimum absolute atomic E-state index is 0.119. The number of hydrogen-bond donors (Lipinski definition) is 0. The van der Waals surface area contributed by atoms with Crippen molar-refractivity contribution >= 4 is 5.97 Å². The molecule has 2 heteroatoms. The van der Waals surface area contributed by atoms with Crippen molar-refractivity contribution in [2.75, 3.05) is 6.61 Å². The molecular formula is C17H26O2. The van der Waals surface area contributed by atoms with Crippen molar-refractivity contribution in [3.8, 4) is 0 Å². The van der Waals surface area contributed by atoms with E-state index in [9.17, 15) is 4.79 Å². The van der Waals surface area contributed by atoms with Gasteiger partial charge in [-0.15, -0.1) is 0 Å². The Bertz CT molecular complexity index is 403. The molecule has 1 saturated carbocycles. The van der Waals surface area contributed by atoms with E-state index in [1.807, 2.05) is 6.92 Å².